The lowest BCUT2D eigenvalue weighted by Gasteiger charge is -2.37. The Labute approximate surface area is 134 Å². The Morgan fingerprint density at radius 1 is 1.27 bits per heavy atom. The molecule has 1 saturated carbocycles. The van der Waals surface area contributed by atoms with Crippen molar-refractivity contribution in [2.45, 2.75) is 71.2 Å². The van der Waals surface area contributed by atoms with Crippen molar-refractivity contribution < 1.29 is 4.74 Å². The maximum atomic E-state index is 5.83. The van der Waals surface area contributed by atoms with E-state index >= 15 is 0 Å². The van der Waals surface area contributed by atoms with Gasteiger partial charge in [-0.3, -0.25) is 0 Å². The van der Waals surface area contributed by atoms with Gasteiger partial charge in [0.15, 0.2) is 0 Å². The van der Waals surface area contributed by atoms with Crippen LogP contribution in [0.1, 0.15) is 50.8 Å². The molecule has 1 aromatic heterocycles. The maximum Gasteiger partial charge on any atom is 0.133 e. The molecule has 1 aromatic rings. The van der Waals surface area contributed by atoms with Gasteiger partial charge in [0.1, 0.15) is 5.82 Å². The van der Waals surface area contributed by atoms with Crippen LogP contribution in [0.4, 0.5) is 5.82 Å². The highest BCUT2D eigenvalue weighted by Gasteiger charge is 2.30. The summed E-state index contributed by atoms with van der Waals surface area (Å²) in [5.41, 5.74) is 2.44. The van der Waals surface area contributed by atoms with Gasteiger partial charge in [-0.05, 0) is 52.5 Å². The minimum absolute atomic E-state index is 0.342. The van der Waals surface area contributed by atoms with Gasteiger partial charge in [0.25, 0.3) is 0 Å². The summed E-state index contributed by atoms with van der Waals surface area (Å²) in [4.78, 5) is 7.23. The Morgan fingerprint density at radius 2 is 2.00 bits per heavy atom. The topological polar surface area (TPSA) is 37.4 Å². The van der Waals surface area contributed by atoms with Crippen LogP contribution in [0.3, 0.4) is 0 Å². The molecule has 0 atom stereocenters. The first-order valence-corrected chi connectivity index (χ1v) is 8.72. The number of aryl methyl sites for hydroxylation is 1. The standard InChI is InChI=1S/C18H29N3O/c1-13(2)22-17-10-16(11-17)19-12-15-7-6-14(3)20-18(15)21-8-4-5-9-21/h6-7,13,16-17,19H,4-5,8-12H2,1-3H3. The fourth-order valence-electron chi connectivity index (χ4n) is 3.40. The molecule has 2 aliphatic rings. The van der Waals surface area contributed by atoms with Gasteiger partial charge in [-0.15, -0.1) is 0 Å². The van der Waals surface area contributed by atoms with E-state index in [0.717, 1.165) is 38.2 Å². The third-order valence-corrected chi connectivity index (χ3v) is 4.64. The van der Waals surface area contributed by atoms with E-state index in [-0.39, 0.29) is 0 Å². The molecule has 4 heteroatoms. The van der Waals surface area contributed by atoms with Gasteiger partial charge in [0.2, 0.25) is 0 Å². The van der Waals surface area contributed by atoms with Crippen LogP contribution in [-0.2, 0) is 11.3 Å². The summed E-state index contributed by atoms with van der Waals surface area (Å²) >= 11 is 0. The molecular weight excluding hydrogens is 274 g/mol. The van der Waals surface area contributed by atoms with Crippen molar-refractivity contribution in [3.8, 4) is 0 Å². The Kier molecular flexibility index (Phi) is 4.99. The van der Waals surface area contributed by atoms with Gasteiger partial charge >= 0.3 is 0 Å². The lowest BCUT2D eigenvalue weighted by Crippen LogP contribution is -2.46. The van der Waals surface area contributed by atoms with Crippen LogP contribution in [0.15, 0.2) is 12.1 Å². The average molecular weight is 303 g/mol. The molecule has 0 aromatic carbocycles. The van der Waals surface area contributed by atoms with Crippen molar-refractivity contribution >= 4 is 5.82 Å². The van der Waals surface area contributed by atoms with Crippen LogP contribution < -0.4 is 10.2 Å². The zero-order chi connectivity index (χ0) is 15.5. The normalized spacial score (nSPS) is 24.8. The lowest BCUT2D eigenvalue weighted by molar-refractivity contribution is -0.0500. The van der Waals surface area contributed by atoms with E-state index in [4.69, 9.17) is 9.72 Å². The van der Waals surface area contributed by atoms with Gasteiger partial charge < -0.3 is 15.0 Å². The molecule has 0 unspecified atom stereocenters. The summed E-state index contributed by atoms with van der Waals surface area (Å²) in [6, 6.07) is 4.96. The van der Waals surface area contributed by atoms with Gasteiger partial charge in [-0.1, -0.05) is 6.07 Å². The predicted molar refractivity (Wildman–Crippen MR) is 90.3 cm³/mol. The summed E-state index contributed by atoms with van der Waals surface area (Å²) in [5.74, 6) is 1.19. The van der Waals surface area contributed by atoms with Gasteiger partial charge in [0, 0.05) is 36.9 Å². The first-order chi connectivity index (χ1) is 10.6. The molecule has 4 nitrogen and oxygen atoms in total. The van der Waals surface area contributed by atoms with Crippen LogP contribution >= 0.6 is 0 Å². The van der Waals surface area contributed by atoms with E-state index in [0.29, 0.717) is 18.2 Å². The number of aromatic nitrogens is 1. The molecule has 0 amide bonds. The third-order valence-electron chi connectivity index (χ3n) is 4.64. The molecule has 2 fully saturated rings. The van der Waals surface area contributed by atoms with E-state index < -0.39 is 0 Å². The molecule has 0 spiro atoms. The van der Waals surface area contributed by atoms with Crippen molar-refractivity contribution in [3.63, 3.8) is 0 Å². The van der Waals surface area contributed by atoms with Crippen molar-refractivity contribution in [3.05, 3.63) is 23.4 Å². The highest BCUT2D eigenvalue weighted by molar-refractivity contribution is 5.48. The van der Waals surface area contributed by atoms with Crippen molar-refractivity contribution in [1.82, 2.24) is 10.3 Å². The SMILES string of the molecule is Cc1ccc(CNC2CC(OC(C)C)C2)c(N2CCCC2)n1. The quantitative estimate of drug-likeness (QED) is 0.876. The van der Waals surface area contributed by atoms with Gasteiger partial charge in [0.05, 0.1) is 12.2 Å². The summed E-state index contributed by atoms with van der Waals surface area (Å²) in [6.45, 7) is 9.52. The molecule has 22 heavy (non-hydrogen) atoms. The number of ether oxygens (including phenoxy) is 1. The smallest absolute Gasteiger partial charge is 0.133 e. The van der Waals surface area contributed by atoms with E-state index in [2.05, 4.69) is 43.1 Å². The van der Waals surface area contributed by atoms with Gasteiger partial charge in [-0.2, -0.15) is 0 Å². The number of hydrogen-bond acceptors (Lipinski definition) is 4. The largest absolute Gasteiger partial charge is 0.375 e. The van der Waals surface area contributed by atoms with Gasteiger partial charge in [-0.25, -0.2) is 4.98 Å². The number of pyridine rings is 1. The average Bonchev–Trinajstić information content (AvgIpc) is 2.95. The zero-order valence-corrected chi connectivity index (χ0v) is 14.1. The molecule has 0 radical (unpaired) electrons. The van der Waals surface area contributed by atoms with Crippen LogP contribution in [0.25, 0.3) is 0 Å². The second kappa shape index (κ2) is 6.97. The Bertz CT molecular complexity index is 491. The van der Waals surface area contributed by atoms with Crippen LogP contribution in [-0.4, -0.2) is 36.3 Å². The summed E-state index contributed by atoms with van der Waals surface area (Å²) in [6.07, 6.45) is 5.65. The predicted octanol–water partition coefficient (Wildman–Crippen LogP) is 3.04. The van der Waals surface area contributed by atoms with E-state index in [1.165, 1.54) is 24.2 Å². The fourth-order valence-corrected chi connectivity index (χ4v) is 3.40. The molecule has 122 valence electrons. The number of anilines is 1. The summed E-state index contributed by atoms with van der Waals surface area (Å²) < 4.78 is 5.83. The molecule has 1 saturated heterocycles. The molecule has 1 N–H and O–H groups in total. The monoisotopic (exact) mass is 303 g/mol. The minimum Gasteiger partial charge on any atom is -0.375 e. The molecule has 3 rings (SSSR count). The maximum absolute atomic E-state index is 5.83. The third kappa shape index (κ3) is 3.79. The van der Waals surface area contributed by atoms with Crippen LogP contribution in [0, 0.1) is 6.92 Å². The van der Waals surface area contributed by atoms with Crippen LogP contribution in [0.5, 0.6) is 0 Å². The minimum atomic E-state index is 0.342. The summed E-state index contributed by atoms with van der Waals surface area (Å²) in [7, 11) is 0. The molecule has 2 heterocycles. The highest BCUT2D eigenvalue weighted by Crippen LogP contribution is 2.27. The Hall–Kier alpha value is -1.13. The zero-order valence-electron chi connectivity index (χ0n) is 14.1. The number of nitrogens with one attached hydrogen (secondary N) is 1. The number of hydrogen-bond donors (Lipinski definition) is 1. The number of rotatable bonds is 6. The Balaban J connectivity index is 1.54. The first kappa shape index (κ1) is 15.8. The molecule has 0 bridgehead atoms. The number of nitrogens with zero attached hydrogens (tertiary/aromatic N) is 2. The second-order valence-electron chi connectivity index (χ2n) is 6.99. The lowest BCUT2D eigenvalue weighted by atomic mass is 9.89. The molecular formula is C18H29N3O. The highest BCUT2D eigenvalue weighted by atomic mass is 16.5. The van der Waals surface area contributed by atoms with Crippen molar-refractivity contribution in [2.75, 3.05) is 18.0 Å². The van der Waals surface area contributed by atoms with Crippen molar-refractivity contribution in [2.24, 2.45) is 0 Å². The first-order valence-electron chi connectivity index (χ1n) is 8.72. The van der Waals surface area contributed by atoms with E-state index in [9.17, 15) is 0 Å². The second-order valence-corrected chi connectivity index (χ2v) is 6.99. The van der Waals surface area contributed by atoms with Crippen LogP contribution in [0.2, 0.25) is 0 Å². The van der Waals surface area contributed by atoms with Crippen molar-refractivity contribution in [1.29, 1.82) is 0 Å². The molecule has 1 aliphatic heterocycles. The van der Waals surface area contributed by atoms with E-state index in [1.54, 1.807) is 0 Å². The Morgan fingerprint density at radius 3 is 2.68 bits per heavy atom. The fraction of sp³-hybridized carbons (Fsp3) is 0.722. The summed E-state index contributed by atoms with van der Waals surface area (Å²) in [5, 5.41) is 3.68. The molecule has 1 aliphatic carbocycles. The van der Waals surface area contributed by atoms with E-state index in [1.807, 2.05) is 0 Å².